The molecule has 0 heterocycles. The molecule has 0 saturated carbocycles. The molecule has 21 heavy (non-hydrogen) atoms. The standard InChI is InChI=1S/C15H21NO5/c1-3-8-21-12-6-4-11(5-7-12)9-13(16-10(2)17)14(18)15(19)20/h4-7,13-14,18H,3,8-9H2,1-2H3,(H,16,17)(H,19,20). The van der Waals surface area contributed by atoms with Crippen LogP contribution in [0.3, 0.4) is 0 Å². The first-order valence-electron chi connectivity index (χ1n) is 6.83. The maximum atomic E-state index is 11.1. The maximum absolute atomic E-state index is 11.1. The molecule has 1 amide bonds. The Morgan fingerprint density at radius 3 is 2.38 bits per heavy atom. The van der Waals surface area contributed by atoms with Gasteiger partial charge < -0.3 is 20.3 Å². The maximum Gasteiger partial charge on any atom is 0.334 e. The average molecular weight is 295 g/mol. The summed E-state index contributed by atoms with van der Waals surface area (Å²) < 4.78 is 5.45. The number of rotatable bonds is 8. The number of hydrogen-bond acceptors (Lipinski definition) is 4. The van der Waals surface area contributed by atoms with Crippen molar-refractivity contribution in [3.63, 3.8) is 0 Å². The molecule has 1 aromatic carbocycles. The number of aliphatic hydroxyl groups is 1. The number of nitrogens with one attached hydrogen (secondary N) is 1. The Morgan fingerprint density at radius 2 is 1.90 bits per heavy atom. The van der Waals surface area contributed by atoms with Gasteiger partial charge in [-0.25, -0.2) is 4.79 Å². The first-order chi connectivity index (χ1) is 9.93. The van der Waals surface area contributed by atoms with Gasteiger partial charge in [-0.15, -0.1) is 0 Å². The minimum absolute atomic E-state index is 0.223. The molecule has 0 saturated heterocycles. The summed E-state index contributed by atoms with van der Waals surface area (Å²) in [6.07, 6.45) is -0.511. The van der Waals surface area contributed by atoms with Crippen LogP contribution in [0.2, 0.25) is 0 Å². The minimum Gasteiger partial charge on any atom is -0.494 e. The summed E-state index contributed by atoms with van der Waals surface area (Å²) in [5, 5.41) is 20.9. The molecule has 6 nitrogen and oxygen atoms in total. The molecular weight excluding hydrogens is 274 g/mol. The molecule has 0 fully saturated rings. The fourth-order valence-corrected chi connectivity index (χ4v) is 1.87. The Balaban J connectivity index is 2.73. The van der Waals surface area contributed by atoms with Gasteiger partial charge in [0.15, 0.2) is 6.10 Å². The van der Waals surface area contributed by atoms with Gasteiger partial charge in [-0.05, 0) is 30.5 Å². The Hall–Kier alpha value is -2.08. The van der Waals surface area contributed by atoms with Crippen molar-refractivity contribution in [2.45, 2.75) is 38.8 Å². The lowest BCUT2D eigenvalue weighted by atomic mass is 10.0. The quantitative estimate of drug-likeness (QED) is 0.664. The number of benzene rings is 1. The highest BCUT2D eigenvalue weighted by Gasteiger charge is 2.26. The van der Waals surface area contributed by atoms with Gasteiger partial charge in [-0.3, -0.25) is 4.79 Å². The summed E-state index contributed by atoms with van der Waals surface area (Å²) in [6, 6.07) is 6.26. The largest absolute Gasteiger partial charge is 0.494 e. The van der Waals surface area contributed by atoms with Gasteiger partial charge in [0.1, 0.15) is 5.75 Å². The highest BCUT2D eigenvalue weighted by Crippen LogP contribution is 2.14. The second-order valence-corrected chi connectivity index (χ2v) is 4.79. The minimum atomic E-state index is -1.65. The lowest BCUT2D eigenvalue weighted by Crippen LogP contribution is -2.47. The van der Waals surface area contributed by atoms with Crippen LogP contribution in [0.4, 0.5) is 0 Å². The number of amides is 1. The van der Waals surface area contributed by atoms with E-state index in [-0.39, 0.29) is 12.3 Å². The molecule has 0 radical (unpaired) electrons. The van der Waals surface area contributed by atoms with Crippen LogP contribution in [0.25, 0.3) is 0 Å². The third kappa shape index (κ3) is 5.83. The van der Waals surface area contributed by atoms with E-state index in [4.69, 9.17) is 9.84 Å². The number of aliphatic hydroxyl groups excluding tert-OH is 1. The average Bonchev–Trinajstić information content (AvgIpc) is 2.44. The second-order valence-electron chi connectivity index (χ2n) is 4.79. The molecule has 0 aromatic heterocycles. The van der Waals surface area contributed by atoms with Crippen molar-refractivity contribution in [3.05, 3.63) is 29.8 Å². The van der Waals surface area contributed by atoms with E-state index in [1.54, 1.807) is 24.3 Å². The number of aliphatic carboxylic acids is 1. The van der Waals surface area contributed by atoms with E-state index in [0.29, 0.717) is 6.61 Å². The molecule has 0 aliphatic carbocycles. The highest BCUT2D eigenvalue weighted by atomic mass is 16.5. The molecule has 0 spiro atoms. The van der Waals surface area contributed by atoms with Crippen LogP contribution in [-0.4, -0.2) is 40.8 Å². The fourth-order valence-electron chi connectivity index (χ4n) is 1.87. The molecule has 2 atom stereocenters. The van der Waals surface area contributed by atoms with E-state index in [9.17, 15) is 14.7 Å². The number of carbonyl (C=O) groups is 2. The summed E-state index contributed by atoms with van der Waals surface area (Å²) in [5.41, 5.74) is 0.804. The van der Waals surface area contributed by atoms with Gasteiger partial charge in [0, 0.05) is 6.92 Å². The lowest BCUT2D eigenvalue weighted by molar-refractivity contribution is -0.148. The zero-order valence-electron chi connectivity index (χ0n) is 12.2. The normalized spacial score (nSPS) is 13.3. The van der Waals surface area contributed by atoms with Gasteiger partial charge in [0.25, 0.3) is 0 Å². The van der Waals surface area contributed by atoms with Crippen LogP contribution >= 0.6 is 0 Å². The smallest absolute Gasteiger partial charge is 0.334 e. The van der Waals surface area contributed by atoms with E-state index in [1.165, 1.54) is 6.92 Å². The van der Waals surface area contributed by atoms with Crippen LogP contribution < -0.4 is 10.1 Å². The van der Waals surface area contributed by atoms with E-state index < -0.39 is 18.1 Å². The van der Waals surface area contributed by atoms with Crippen molar-refractivity contribution in [2.24, 2.45) is 0 Å². The topological polar surface area (TPSA) is 95.9 Å². The third-order valence-electron chi connectivity index (χ3n) is 2.87. The SMILES string of the molecule is CCCOc1ccc(CC(NC(C)=O)C(O)C(=O)O)cc1. The van der Waals surface area contributed by atoms with E-state index in [0.717, 1.165) is 17.7 Å². The zero-order valence-corrected chi connectivity index (χ0v) is 12.2. The van der Waals surface area contributed by atoms with Crippen LogP contribution in [0.15, 0.2) is 24.3 Å². The number of hydrogen-bond donors (Lipinski definition) is 3. The van der Waals surface area contributed by atoms with Crippen LogP contribution in [0.1, 0.15) is 25.8 Å². The Morgan fingerprint density at radius 1 is 1.29 bits per heavy atom. The van der Waals surface area contributed by atoms with Crippen LogP contribution in [0, 0.1) is 0 Å². The predicted molar refractivity (Wildman–Crippen MR) is 77.2 cm³/mol. The van der Waals surface area contributed by atoms with Crippen LogP contribution in [0.5, 0.6) is 5.75 Å². The lowest BCUT2D eigenvalue weighted by Gasteiger charge is -2.21. The van der Waals surface area contributed by atoms with Crippen molar-refractivity contribution in [2.75, 3.05) is 6.61 Å². The van der Waals surface area contributed by atoms with Gasteiger partial charge >= 0.3 is 5.97 Å². The highest BCUT2D eigenvalue weighted by molar-refractivity contribution is 5.77. The molecule has 116 valence electrons. The molecule has 6 heteroatoms. The van der Waals surface area contributed by atoms with Gasteiger partial charge in [0.05, 0.1) is 12.6 Å². The Labute approximate surface area is 123 Å². The van der Waals surface area contributed by atoms with E-state index in [1.807, 2.05) is 6.92 Å². The molecule has 1 rings (SSSR count). The zero-order chi connectivity index (χ0) is 15.8. The monoisotopic (exact) mass is 295 g/mol. The molecule has 0 aliphatic rings. The molecule has 0 bridgehead atoms. The van der Waals surface area contributed by atoms with Gasteiger partial charge in [0.2, 0.25) is 5.91 Å². The van der Waals surface area contributed by atoms with Crippen molar-refractivity contribution < 1.29 is 24.5 Å². The van der Waals surface area contributed by atoms with Crippen molar-refractivity contribution >= 4 is 11.9 Å². The number of ether oxygens (including phenoxy) is 1. The number of carboxylic acids is 1. The first-order valence-corrected chi connectivity index (χ1v) is 6.83. The summed E-state index contributed by atoms with van der Waals surface area (Å²) in [6.45, 7) is 3.93. The number of carboxylic acid groups (broad SMARTS) is 1. The molecular formula is C15H21NO5. The Bertz CT molecular complexity index is 471. The molecule has 2 unspecified atom stereocenters. The summed E-state index contributed by atoms with van der Waals surface area (Å²) in [4.78, 5) is 22.0. The van der Waals surface area contributed by atoms with Crippen LogP contribution in [-0.2, 0) is 16.0 Å². The molecule has 0 aliphatic heterocycles. The van der Waals surface area contributed by atoms with E-state index >= 15 is 0 Å². The summed E-state index contributed by atoms with van der Waals surface area (Å²) in [5.74, 6) is -1.02. The summed E-state index contributed by atoms with van der Waals surface area (Å²) >= 11 is 0. The number of carbonyl (C=O) groups excluding carboxylic acids is 1. The third-order valence-corrected chi connectivity index (χ3v) is 2.87. The molecule has 3 N–H and O–H groups in total. The predicted octanol–water partition coefficient (Wildman–Crippen LogP) is 0.968. The first kappa shape index (κ1) is 17.0. The van der Waals surface area contributed by atoms with Gasteiger partial charge in [-0.1, -0.05) is 19.1 Å². The van der Waals surface area contributed by atoms with Crippen molar-refractivity contribution in [3.8, 4) is 5.75 Å². The fraction of sp³-hybridized carbons (Fsp3) is 0.467. The van der Waals surface area contributed by atoms with E-state index in [2.05, 4.69) is 5.32 Å². The summed E-state index contributed by atoms with van der Waals surface area (Å²) in [7, 11) is 0. The van der Waals surface area contributed by atoms with Crippen molar-refractivity contribution in [1.29, 1.82) is 0 Å². The Kier molecular flexibility index (Phi) is 6.68. The van der Waals surface area contributed by atoms with Gasteiger partial charge in [-0.2, -0.15) is 0 Å². The molecule has 1 aromatic rings. The second kappa shape index (κ2) is 8.26. The van der Waals surface area contributed by atoms with Crippen molar-refractivity contribution in [1.82, 2.24) is 5.32 Å².